The summed E-state index contributed by atoms with van der Waals surface area (Å²) in [6.45, 7) is 0.727. The van der Waals surface area contributed by atoms with E-state index >= 15 is 4.39 Å². The molecule has 6 nitrogen and oxygen atoms in total. The summed E-state index contributed by atoms with van der Waals surface area (Å²) in [6, 6.07) is 9.59. The number of halogens is 10. The number of amides is 2. The van der Waals surface area contributed by atoms with Gasteiger partial charge in [0.05, 0.1) is 15.4 Å². The number of anilines is 2. The summed E-state index contributed by atoms with van der Waals surface area (Å²) >= 11 is 21.9. The fourth-order valence-corrected chi connectivity index (χ4v) is 5.85. The van der Waals surface area contributed by atoms with Crippen molar-refractivity contribution in [3.05, 3.63) is 92.2 Å². The second kappa shape index (κ2) is 12.9. The molecule has 0 aromatic heterocycles. The van der Waals surface area contributed by atoms with Gasteiger partial charge in [0.2, 0.25) is 5.91 Å². The first-order valence-electron chi connectivity index (χ1n) is 12.4. The van der Waals surface area contributed by atoms with Crippen molar-refractivity contribution in [2.45, 2.75) is 36.1 Å². The lowest BCUT2D eigenvalue weighted by molar-refractivity contribution is -0.335. The van der Waals surface area contributed by atoms with Crippen LogP contribution in [0, 0.1) is 23.4 Å². The summed E-state index contributed by atoms with van der Waals surface area (Å²) in [6.07, 6.45) is -8.02. The van der Waals surface area contributed by atoms with Crippen molar-refractivity contribution in [2.75, 3.05) is 10.6 Å². The van der Waals surface area contributed by atoms with Crippen molar-refractivity contribution in [1.82, 2.24) is 0 Å². The van der Waals surface area contributed by atoms with E-state index in [9.17, 15) is 36.3 Å². The smallest absolute Gasteiger partial charge is 0.326 e. The first-order chi connectivity index (χ1) is 20.4. The molecule has 0 spiro atoms. The van der Waals surface area contributed by atoms with E-state index in [2.05, 4.69) is 26.0 Å². The molecule has 1 unspecified atom stereocenters. The average Bonchev–Trinajstić information content (AvgIpc) is 3.51. The Morgan fingerprint density at radius 2 is 1.66 bits per heavy atom. The average molecular weight is 747 g/mol. The third-order valence-electron chi connectivity index (χ3n) is 6.62. The summed E-state index contributed by atoms with van der Waals surface area (Å²) in [5, 5.41) is 4.20. The zero-order valence-electron chi connectivity index (χ0n) is 22.0. The Balaban J connectivity index is 1.49. The molecule has 0 aliphatic heterocycles. The van der Waals surface area contributed by atoms with E-state index in [1.807, 2.05) is 0 Å². The second-order valence-electron chi connectivity index (χ2n) is 9.68. The Kier molecular flexibility index (Phi) is 9.96. The minimum absolute atomic E-state index is 0.0772. The first-order valence-corrected chi connectivity index (χ1v) is 14.3. The fourth-order valence-electron chi connectivity index (χ4n) is 4.40. The molecule has 16 heteroatoms. The van der Waals surface area contributed by atoms with Crippen molar-refractivity contribution in [3.63, 3.8) is 0 Å². The molecule has 0 saturated heterocycles. The third kappa shape index (κ3) is 7.51. The highest BCUT2D eigenvalue weighted by atomic mass is 79.9. The molecule has 3 aromatic carbocycles. The number of ketones is 1. The number of benzene rings is 3. The number of alkyl halides is 5. The summed E-state index contributed by atoms with van der Waals surface area (Å²) in [4.78, 5) is 38.1. The van der Waals surface area contributed by atoms with Gasteiger partial charge in [-0.15, -0.1) is 36.4 Å². The number of ether oxygens (including phenoxy) is 1. The van der Waals surface area contributed by atoms with Crippen LogP contribution in [0.4, 0.5) is 37.7 Å². The molecule has 1 aliphatic carbocycles. The zero-order valence-corrected chi connectivity index (χ0v) is 25.8. The van der Waals surface area contributed by atoms with E-state index in [-0.39, 0.29) is 20.7 Å². The monoisotopic (exact) mass is 744 g/mol. The van der Waals surface area contributed by atoms with E-state index in [0.717, 1.165) is 13.0 Å². The SMILES string of the molecule is CC(OC(F)(F)F)C(=O)Nc1c(F)ccc(CC(=O)c2cc(NC(=O)[C@H]3[C@H](c4ccc(F)c(Br)c4)C3(Cl)Cl)ccc2Cl)c1F. The molecule has 44 heavy (non-hydrogen) atoms. The molecule has 1 fully saturated rings. The number of hydrogen-bond donors (Lipinski definition) is 2. The van der Waals surface area contributed by atoms with Crippen LogP contribution in [-0.4, -0.2) is 34.4 Å². The molecule has 3 atom stereocenters. The second-order valence-corrected chi connectivity index (χ2v) is 12.4. The lowest BCUT2D eigenvalue weighted by Crippen LogP contribution is -2.33. The van der Waals surface area contributed by atoms with E-state index in [0.29, 0.717) is 11.6 Å². The van der Waals surface area contributed by atoms with Crippen molar-refractivity contribution < 1.29 is 45.5 Å². The van der Waals surface area contributed by atoms with Crippen molar-refractivity contribution in [1.29, 1.82) is 0 Å². The van der Waals surface area contributed by atoms with Crippen LogP contribution >= 0.6 is 50.7 Å². The van der Waals surface area contributed by atoms with Crippen LogP contribution in [0.1, 0.15) is 34.3 Å². The minimum Gasteiger partial charge on any atom is -0.326 e. The van der Waals surface area contributed by atoms with Gasteiger partial charge in [0, 0.05) is 23.6 Å². The van der Waals surface area contributed by atoms with Gasteiger partial charge in [0.1, 0.15) is 27.8 Å². The van der Waals surface area contributed by atoms with E-state index < -0.39 is 81.4 Å². The molecule has 4 rings (SSSR count). The Morgan fingerprint density at radius 3 is 2.30 bits per heavy atom. The van der Waals surface area contributed by atoms with Gasteiger partial charge in [-0.2, -0.15) is 0 Å². The van der Waals surface area contributed by atoms with E-state index in [1.165, 1.54) is 36.4 Å². The highest BCUT2D eigenvalue weighted by Crippen LogP contribution is 2.65. The molecule has 0 radical (unpaired) electrons. The van der Waals surface area contributed by atoms with Crippen LogP contribution in [0.3, 0.4) is 0 Å². The number of Topliss-reactive ketones (excluding diaryl/α,β-unsaturated/α-hetero) is 1. The van der Waals surface area contributed by atoms with Gasteiger partial charge in [-0.05, 0) is 70.4 Å². The first kappa shape index (κ1) is 34.0. The molecule has 1 aliphatic rings. The van der Waals surface area contributed by atoms with Crippen molar-refractivity contribution >= 4 is 79.7 Å². The molecule has 1 saturated carbocycles. The number of nitrogens with one attached hydrogen (secondary N) is 2. The zero-order chi connectivity index (χ0) is 32.7. The Bertz CT molecular complexity index is 1660. The Labute approximate surface area is 269 Å². The molecule has 234 valence electrons. The molecular weight excluding hydrogens is 729 g/mol. The van der Waals surface area contributed by atoms with Gasteiger partial charge in [0.25, 0.3) is 5.91 Å². The summed E-state index contributed by atoms with van der Waals surface area (Å²) in [7, 11) is 0. The number of carbonyl (C=O) groups is 3. The topological polar surface area (TPSA) is 84.5 Å². The maximum Gasteiger partial charge on any atom is 0.523 e. The van der Waals surface area contributed by atoms with Crippen LogP contribution in [0.2, 0.25) is 5.02 Å². The van der Waals surface area contributed by atoms with Gasteiger partial charge in [-0.1, -0.05) is 23.7 Å². The molecule has 0 heterocycles. The Morgan fingerprint density at radius 1 is 1.00 bits per heavy atom. The van der Waals surface area contributed by atoms with Crippen LogP contribution in [0.15, 0.2) is 53.0 Å². The molecule has 2 amide bonds. The molecule has 0 bridgehead atoms. The van der Waals surface area contributed by atoms with Crippen molar-refractivity contribution in [3.8, 4) is 0 Å². The maximum absolute atomic E-state index is 15.1. The van der Waals surface area contributed by atoms with E-state index in [1.54, 1.807) is 5.32 Å². The molecule has 3 aromatic rings. The summed E-state index contributed by atoms with van der Waals surface area (Å²) in [5.74, 6) is -7.73. The highest BCUT2D eigenvalue weighted by Gasteiger charge is 2.67. The maximum atomic E-state index is 15.1. The summed E-state index contributed by atoms with van der Waals surface area (Å²) < 4.78 is 82.5. The van der Waals surface area contributed by atoms with Gasteiger partial charge in [-0.3, -0.25) is 19.1 Å². The highest BCUT2D eigenvalue weighted by molar-refractivity contribution is 9.10. The van der Waals surface area contributed by atoms with E-state index in [4.69, 9.17) is 34.8 Å². The molecular formula is C28H18BrCl3F6N2O4. The van der Waals surface area contributed by atoms with Crippen LogP contribution in [0.25, 0.3) is 0 Å². The van der Waals surface area contributed by atoms with Crippen LogP contribution in [-0.2, 0) is 20.7 Å². The van der Waals surface area contributed by atoms with Crippen LogP contribution in [0.5, 0.6) is 0 Å². The standard InChI is InChI=1S/C28H18BrCl3F6N2O4/c1-11(44-28(36,37)38)25(42)40-24-19(34)7-3-13(23(24)35)9-20(41)15-10-14(4-5-17(15)30)39-26(43)22-21(27(22,31)32)12-2-6-18(33)16(29)8-12/h2-8,10-11,21-22H,9H2,1H3,(H,39,43)(H,40,42)/t11?,21-,22+/m0/s1. The number of rotatable bonds is 9. The third-order valence-corrected chi connectivity index (χ3v) is 8.50. The number of carbonyl (C=O) groups excluding carboxylic acids is 3. The predicted molar refractivity (Wildman–Crippen MR) is 154 cm³/mol. The molecule has 2 N–H and O–H groups in total. The fraction of sp³-hybridized carbons (Fsp3) is 0.250. The number of hydrogen-bond acceptors (Lipinski definition) is 4. The van der Waals surface area contributed by atoms with Gasteiger partial charge >= 0.3 is 6.36 Å². The van der Waals surface area contributed by atoms with Gasteiger partial charge < -0.3 is 10.6 Å². The summed E-state index contributed by atoms with van der Waals surface area (Å²) in [5.41, 5.74) is -1.05. The van der Waals surface area contributed by atoms with Crippen molar-refractivity contribution in [2.24, 2.45) is 5.92 Å². The lowest BCUT2D eigenvalue weighted by Gasteiger charge is -2.16. The van der Waals surface area contributed by atoms with Crippen LogP contribution < -0.4 is 10.6 Å². The lowest BCUT2D eigenvalue weighted by atomic mass is 10.0. The largest absolute Gasteiger partial charge is 0.523 e. The predicted octanol–water partition coefficient (Wildman–Crippen LogP) is 8.33. The minimum atomic E-state index is -5.17. The van der Waals surface area contributed by atoms with Gasteiger partial charge in [0.15, 0.2) is 11.6 Å². The quantitative estimate of drug-likeness (QED) is 0.131. The normalized spacial score (nSPS) is 18.0. The van der Waals surface area contributed by atoms with Gasteiger partial charge in [-0.25, -0.2) is 13.2 Å². The Hall–Kier alpha value is -2.84.